The van der Waals surface area contributed by atoms with Crippen LogP contribution in [-0.4, -0.2) is 26.2 Å². The molecule has 0 spiro atoms. The Morgan fingerprint density at radius 2 is 1.87 bits per heavy atom. The van der Waals surface area contributed by atoms with E-state index >= 15 is 0 Å². The highest BCUT2D eigenvalue weighted by Crippen LogP contribution is 2.14. The summed E-state index contributed by atoms with van der Waals surface area (Å²) in [7, 11) is 0. The van der Waals surface area contributed by atoms with Gasteiger partial charge in [-0.3, -0.25) is 9.89 Å². The van der Waals surface area contributed by atoms with E-state index in [1.165, 1.54) is 16.1 Å². The summed E-state index contributed by atoms with van der Waals surface area (Å²) in [4.78, 5) is 21.3. The van der Waals surface area contributed by atoms with Crippen LogP contribution in [0.5, 0.6) is 5.75 Å². The van der Waals surface area contributed by atoms with Gasteiger partial charge in [0.05, 0.1) is 18.8 Å². The van der Waals surface area contributed by atoms with Crippen molar-refractivity contribution < 1.29 is 4.74 Å². The highest BCUT2D eigenvalue weighted by Gasteiger charge is 2.08. The van der Waals surface area contributed by atoms with Gasteiger partial charge in [-0.25, -0.2) is 4.98 Å². The van der Waals surface area contributed by atoms with Crippen molar-refractivity contribution in [2.75, 3.05) is 17.2 Å². The topological polar surface area (TPSA) is 96.3 Å². The number of aromatic nitrogens is 4. The van der Waals surface area contributed by atoms with Gasteiger partial charge in [-0.2, -0.15) is 9.50 Å². The first-order valence-electron chi connectivity index (χ1n) is 9.85. The number of rotatable bonds is 8. The molecule has 2 aromatic carbocycles. The van der Waals surface area contributed by atoms with Crippen molar-refractivity contribution in [3.05, 3.63) is 81.8 Å². The number of hydrogen-bond donors (Lipinski definition) is 3. The van der Waals surface area contributed by atoms with E-state index in [2.05, 4.69) is 25.7 Å². The first-order valence-corrected chi connectivity index (χ1v) is 9.85. The first kappa shape index (κ1) is 19.5. The highest BCUT2D eigenvalue weighted by molar-refractivity contribution is 5.46. The molecule has 0 aliphatic heterocycles. The van der Waals surface area contributed by atoms with Gasteiger partial charge in [0.15, 0.2) is 0 Å². The van der Waals surface area contributed by atoms with Gasteiger partial charge in [0.2, 0.25) is 5.95 Å². The molecule has 0 unspecified atom stereocenters. The fourth-order valence-electron chi connectivity index (χ4n) is 3.10. The fraction of sp³-hybridized carbons (Fsp3) is 0.227. The monoisotopic (exact) mass is 404 g/mol. The highest BCUT2D eigenvalue weighted by atomic mass is 16.5. The average Bonchev–Trinajstić information content (AvgIpc) is 3.16. The quantitative estimate of drug-likeness (QED) is 0.417. The van der Waals surface area contributed by atoms with Gasteiger partial charge in [-0.1, -0.05) is 24.3 Å². The summed E-state index contributed by atoms with van der Waals surface area (Å²) in [6, 6.07) is 17.4. The molecule has 154 valence electrons. The number of aromatic amines is 1. The molecule has 2 heterocycles. The number of aryl methyl sites for hydroxylation is 1. The lowest BCUT2D eigenvalue weighted by Gasteiger charge is -2.06. The molecule has 2 aromatic heterocycles. The van der Waals surface area contributed by atoms with Crippen LogP contribution in [0.4, 0.5) is 11.6 Å². The standard InChI is InChI=1S/C22H24N6O2/c1-3-30-19-9-7-16(8-10-19)13-24-21-26-22-25-18(12-20(29)28(22)27-21)14-23-17-6-4-5-15(2)11-17/h4-12,23H,3,13-14H2,1-2H3,(H2,24,25,26,27). The van der Waals surface area contributed by atoms with Crippen molar-refractivity contribution in [3.8, 4) is 5.75 Å². The minimum Gasteiger partial charge on any atom is -0.494 e. The van der Waals surface area contributed by atoms with Crippen molar-refractivity contribution >= 4 is 17.4 Å². The van der Waals surface area contributed by atoms with Crippen LogP contribution < -0.4 is 20.9 Å². The number of nitrogens with one attached hydrogen (secondary N) is 3. The minimum absolute atomic E-state index is 0.206. The molecule has 0 amide bonds. The lowest BCUT2D eigenvalue weighted by atomic mass is 10.2. The maximum absolute atomic E-state index is 12.4. The van der Waals surface area contributed by atoms with E-state index in [0.29, 0.717) is 37.1 Å². The van der Waals surface area contributed by atoms with Crippen molar-refractivity contribution in [3.63, 3.8) is 0 Å². The summed E-state index contributed by atoms with van der Waals surface area (Å²) in [6.45, 7) is 5.63. The zero-order valence-electron chi connectivity index (χ0n) is 17.0. The second-order valence-corrected chi connectivity index (χ2v) is 6.95. The Balaban J connectivity index is 1.44. The van der Waals surface area contributed by atoms with Crippen LogP contribution in [0, 0.1) is 6.92 Å². The molecular formula is C22H24N6O2. The van der Waals surface area contributed by atoms with E-state index in [4.69, 9.17) is 4.74 Å². The lowest BCUT2D eigenvalue weighted by Crippen LogP contribution is -2.17. The van der Waals surface area contributed by atoms with Gasteiger partial charge in [0, 0.05) is 18.3 Å². The number of H-pyrrole nitrogens is 1. The Labute approximate surface area is 173 Å². The molecule has 3 N–H and O–H groups in total. The van der Waals surface area contributed by atoms with Gasteiger partial charge in [-0.05, 0) is 49.2 Å². The predicted octanol–water partition coefficient (Wildman–Crippen LogP) is 3.35. The van der Waals surface area contributed by atoms with Crippen LogP contribution in [0.15, 0.2) is 59.4 Å². The summed E-state index contributed by atoms with van der Waals surface area (Å²) in [5, 5.41) is 9.42. The second-order valence-electron chi connectivity index (χ2n) is 6.95. The number of fused-ring (bicyclic) bond motifs is 1. The Kier molecular flexibility index (Phi) is 5.65. The Morgan fingerprint density at radius 1 is 1.03 bits per heavy atom. The summed E-state index contributed by atoms with van der Waals surface area (Å²) in [6.07, 6.45) is 0. The molecule has 0 atom stereocenters. The van der Waals surface area contributed by atoms with Crippen molar-refractivity contribution in [1.29, 1.82) is 0 Å². The van der Waals surface area contributed by atoms with Crippen LogP contribution in [0.1, 0.15) is 23.7 Å². The molecule has 30 heavy (non-hydrogen) atoms. The minimum atomic E-state index is -0.206. The summed E-state index contributed by atoms with van der Waals surface area (Å²) in [5.41, 5.74) is 3.65. The Bertz CT molecular complexity index is 1200. The summed E-state index contributed by atoms with van der Waals surface area (Å²) >= 11 is 0. The normalized spacial score (nSPS) is 10.9. The van der Waals surface area contributed by atoms with Crippen molar-refractivity contribution in [2.45, 2.75) is 26.9 Å². The molecular weight excluding hydrogens is 380 g/mol. The van der Waals surface area contributed by atoms with Gasteiger partial charge in [0.1, 0.15) is 5.75 Å². The number of ether oxygens (including phenoxy) is 1. The van der Waals surface area contributed by atoms with Gasteiger partial charge >= 0.3 is 0 Å². The molecule has 8 heteroatoms. The number of benzene rings is 2. The maximum Gasteiger partial charge on any atom is 0.274 e. The van der Waals surface area contributed by atoms with Crippen molar-refractivity contribution in [1.82, 2.24) is 19.6 Å². The SMILES string of the molecule is CCOc1ccc(CNc2nc3nc(CNc4cccc(C)c4)cc(=O)n3[nH]2)cc1. The molecule has 0 radical (unpaired) electrons. The van der Waals surface area contributed by atoms with Crippen LogP contribution in [0.25, 0.3) is 5.78 Å². The van der Waals surface area contributed by atoms with E-state index in [1.807, 2.05) is 62.4 Å². The third-order valence-corrected chi connectivity index (χ3v) is 4.57. The molecule has 0 saturated carbocycles. The molecule has 8 nitrogen and oxygen atoms in total. The number of anilines is 2. The molecule has 0 bridgehead atoms. The molecule has 0 fully saturated rings. The second kappa shape index (κ2) is 8.69. The van der Waals surface area contributed by atoms with E-state index in [0.717, 1.165) is 17.0 Å². The summed E-state index contributed by atoms with van der Waals surface area (Å²) < 4.78 is 6.78. The van der Waals surface area contributed by atoms with Crippen LogP contribution in [-0.2, 0) is 13.1 Å². The first-order chi connectivity index (χ1) is 14.6. The Hall–Kier alpha value is -3.81. The smallest absolute Gasteiger partial charge is 0.274 e. The van der Waals surface area contributed by atoms with Crippen molar-refractivity contribution in [2.24, 2.45) is 0 Å². The number of nitrogens with zero attached hydrogens (tertiary/aromatic N) is 3. The molecule has 4 aromatic rings. The largest absolute Gasteiger partial charge is 0.494 e. The zero-order chi connectivity index (χ0) is 20.9. The maximum atomic E-state index is 12.4. The predicted molar refractivity (Wildman–Crippen MR) is 117 cm³/mol. The van der Waals surface area contributed by atoms with E-state index < -0.39 is 0 Å². The van der Waals surface area contributed by atoms with E-state index in [1.54, 1.807) is 0 Å². The lowest BCUT2D eigenvalue weighted by molar-refractivity contribution is 0.340. The van der Waals surface area contributed by atoms with Gasteiger partial charge < -0.3 is 15.4 Å². The van der Waals surface area contributed by atoms with Crippen LogP contribution in [0.3, 0.4) is 0 Å². The molecule has 0 saturated heterocycles. The van der Waals surface area contributed by atoms with E-state index in [-0.39, 0.29) is 5.56 Å². The zero-order valence-corrected chi connectivity index (χ0v) is 17.0. The van der Waals surface area contributed by atoms with Gasteiger partial charge in [0.25, 0.3) is 11.3 Å². The van der Waals surface area contributed by atoms with E-state index in [9.17, 15) is 4.79 Å². The molecule has 4 rings (SSSR count). The van der Waals surface area contributed by atoms with Gasteiger partial charge in [-0.15, -0.1) is 0 Å². The third kappa shape index (κ3) is 4.60. The molecule has 0 aliphatic rings. The van der Waals surface area contributed by atoms with Crippen LogP contribution >= 0.6 is 0 Å². The fourth-order valence-corrected chi connectivity index (χ4v) is 3.10. The number of hydrogen-bond acceptors (Lipinski definition) is 6. The average molecular weight is 404 g/mol. The third-order valence-electron chi connectivity index (χ3n) is 4.57. The molecule has 0 aliphatic carbocycles. The van der Waals surface area contributed by atoms with Crippen LogP contribution in [0.2, 0.25) is 0 Å². The Morgan fingerprint density at radius 3 is 2.63 bits per heavy atom. The summed E-state index contributed by atoms with van der Waals surface area (Å²) in [5.74, 6) is 1.66.